The summed E-state index contributed by atoms with van der Waals surface area (Å²) in [5, 5.41) is 8.55. The summed E-state index contributed by atoms with van der Waals surface area (Å²) in [6.45, 7) is 5.47. The van der Waals surface area contributed by atoms with Crippen LogP contribution in [0.5, 0.6) is 0 Å². The van der Waals surface area contributed by atoms with Gasteiger partial charge in [-0.1, -0.05) is 0 Å². The Kier molecular flexibility index (Phi) is 3.92. The molecule has 0 saturated heterocycles. The van der Waals surface area contributed by atoms with Gasteiger partial charge in [-0.25, -0.2) is 4.98 Å². The molecule has 0 aliphatic carbocycles. The molecule has 0 saturated carbocycles. The van der Waals surface area contributed by atoms with Crippen LogP contribution in [0.1, 0.15) is 18.9 Å². The van der Waals surface area contributed by atoms with Gasteiger partial charge >= 0.3 is 0 Å². The van der Waals surface area contributed by atoms with E-state index in [-0.39, 0.29) is 0 Å². The molecule has 1 heterocycles. The first-order valence-corrected chi connectivity index (χ1v) is 5.03. The summed E-state index contributed by atoms with van der Waals surface area (Å²) in [5.74, 6) is 0.785. The van der Waals surface area contributed by atoms with Crippen LogP contribution in [0, 0.1) is 18.3 Å². The predicted molar refractivity (Wildman–Crippen MR) is 61.5 cm³/mol. The predicted octanol–water partition coefficient (Wildman–Crippen LogP) is 1.71. The van der Waals surface area contributed by atoms with Gasteiger partial charge in [-0.05, 0) is 25.5 Å². The Morgan fingerprint density at radius 2 is 2.33 bits per heavy atom. The maximum atomic E-state index is 8.55. The van der Waals surface area contributed by atoms with E-state index in [0.717, 1.165) is 17.9 Å². The minimum atomic E-state index is 0.489. The Labute approximate surface area is 90.3 Å². The molecule has 0 bridgehead atoms. The molecule has 15 heavy (non-hydrogen) atoms. The van der Waals surface area contributed by atoms with E-state index in [0.29, 0.717) is 18.7 Å². The van der Waals surface area contributed by atoms with Crippen molar-refractivity contribution in [1.29, 1.82) is 5.26 Å². The van der Waals surface area contributed by atoms with Crippen LogP contribution in [0.2, 0.25) is 0 Å². The summed E-state index contributed by atoms with van der Waals surface area (Å²) < 4.78 is 0. The summed E-state index contributed by atoms with van der Waals surface area (Å²) in [6.07, 6.45) is 2.24. The van der Waals surface area contributed by atoms with Crippen molar-refractivity contribution in [3.05, 3.63) is 17.8 Å². The van der Waals surface area contributed by atoms with Gasteiger partial charge in [0.1, 0.15) is 0 Å². The van der Waals surface area contributed by atoms with Gasteiger partial charge in [-0.2, -0.15) is 5.26 Å². The van der Waals surface area contributed by atoms with Crippen molar-refractivity contribution in [3.63, 3.8) is 0 Å². The first kappa shape index (κ1) is 11.3. The molecule has 1 aromatic rings. The first-order chi connectivity index (χ1) is 7.20. The van der Waals surface area contributed by atoms with Crippen LogP contribution in [0.25, 0.3) is 0 Å². The van der Waals surface area contributed by atoms with Crippen molar-refractivity contribution in [2.75, 3.05) is 23.7 Å². The fourth-order valence-electron chi connectivity index (χ4n) is 1.41. The van der Waals surface area contributed by atoms with E-state index < -0.39 is 0 Å². The minimum Gasteiger partial charge on any atom is -0.396 e. The Morgan fingerprint density at radius 1 is 1.60 bits per heavy atom. The highest BCUT2D eigenvalue weighted by Gasteiger charge is 2.10. The van der Waals surface area contributed by atoms with Crippen molar-refractivity contribution < 1.29 is 0 Å². The highest BCUT2D eigenvalue weighted by molar-refractivity contribution is 5.66. The molecule has 1 aromatic heterocycles. The number of anilines is 2. The normalized spacial score (nSPS) is 9.67. The second-order valence-corrected chi connectivity index (χ2v) is 3.35. The van der Waals surface area contributed by atoms with Crippen LogP contribution in [0.3, 0.4) is 0 Å². The molecular formula is C11H16N4. The third-order valence-electron chi connectivity index (χ3n) is 2.36. The van der Waals surface area contributed by atoms with E-state index in [9.17, 15) is 0 Å². The van der Waals surface area contributed by atoms with Gasteiger partial charge in [-0.3, -0.25) is 0 Å². The van der Waals surface area contributed by atoms with E-state index in [1.165, 1.54) is 0 Å². The summed E-state index contributed by atoms with van der Waals surface area (Å²) >= 11 is 0. The Hall–Kier alpha value is -1.76. The maximum Gasteiger partial charge on any atom is 0.152 e. The fourth-order valence-corrected chi connectivity index (χ4v) is 1.41. The Morgan fingerprint density at radius 3 is 2.93 bits per heavy atom. The molecule has 2 N–H and O–H groups in total. The lowest BCUT2D eigenvalue weighted by molar-refractivity contribution is 0.812. The molecule has 0 atom stereocenters. The molecule has 4 heteroatoms. The van der Waals surface area contributed by atoms with Crippen molar-refractivity contribution in [2.24, 2.45) is 0 Å². The number of nitrogen functional groups attached to an aromatic ring is 1. The van der Waals surface area contributed by atoms with E-state index in [1.807, 2.05) is 24.8 Å². The molecule has 0 aliphatic rings. The third kappa shape index (κ3) is 2.59. The maximum absolute atomic E-state index is 8.55. The summed E-state index contributed by atoms with van der Waals surface area (Å²) in [5.41, 5.74) is 7.67. The molecule has 0 radical (unpaired) electrons. The molecule has 0 spiro atoms. The van der Waals surface area contributed by atoms with Crippen molar-refractivity contribution in [3.8, 4) is 6.07 Å². The second kappa shape index (κ2) is 5.20. The van der Waals surface area contributed by atoms with Gasteiger partial charge in [0.15, 0.2) is 5.82 Å². The number of nitriles is 1. The molecular weight excluding hydrogens is 188 g/mol. The fraction of sp³-hybridized carbons (Fsp3) is 0.455. The van der Waals surface area contributed by atoms with Gasteiger partial charge in [0.2, 0.25) is 0 Å². The van der Waals surface area contributed by atoms with Crippen LogP contribution in [-0.2, 0) is 0 Å². The zero-order valence-corrected chi connectivity index (χ0v) is 9.20. The van der Waals surface area contributed by atoms with Gasteiger partial charge < -0.3 is 10.6 Å². The van der Waals surface area contributed by atoms with Crippen LogP contribution < -0.4 is 10.6 Å². The topological polar surface area (TPSA) is 65.9 Å². The van der Waals surface area contributed by atoms with Crippen LogP contribution >= 0.6 is 0 Å². The number of pyridine rings is 1. The molecule has 4 nitrogen and oxygen atoms in total. The molecule has 0 fully saturated rings. The third-order valence-corrected chi connectivity index (χ3v) is 2.36. The summed E-state index contributed by atoms with van der Waals surface area (Å²) in [7, 11) is 0. The van der Waals surface area contributed by atoms with Gasteiger partial charge in [0.05, 0.1) is 18.2 Å². The Bertz CT molecular complexity index is 367. The SMILES string of the molecule is CCN(CCC#N)c1nccc(C)c1N. The quantitative estimate of drug-likeness (QED) is 0.810. The minimum absolute atomic E-state index is 0.489. The number of nitrogens with zero attached hydrogens (tertiary/aromatic N) is 3. The summed E-state index contributed by atoms with van der Waals surface area (Å²) in [4.78, 5) is 6.27. The van der Waals surface area contributed by atoms with Gasteiger partial charge in [0, 0.05) is 19.3 Å². The highest BCUT2D eigenvalue weighted by atomic mass is 15.2. The Balaban J connectivity index is 2.92. The number of rotatable bonds is 4. The van der Waals surface area contributed by atoms with E-state index in [2.05, 4.69) is 11.1 Å². The number of hydrogen-bond donors (Lipinski definition) is 1. The summed E-state index contributed by atoms with van der Waals surface area (Å²) in [6, 6.07) is 4.01. The lowest BCUT2D eigenvalue weighted by atomic mass is 10.2. The molecule has 80 valence electrons. The van der Waals surface area contributed by atoms with Crippen molar-refractivity contribution >= 4 is 11.5 Å². The highest BCUT2D eigenvalue weighted by Crippen LogP contribution is 2.22. The number of nitrogens with two attached hydrogens (primary N) is 1. The van der Waals surface area contributed by atoms with E-state index in [1.54, 1.807) is 6.20 Å². The van der Waals surface area contributed by atoms with E-state index in [4.69, 9.17) is 11.0 Å². The molecule has 0 unspecified atom stereocenters. The molecule has 0 aromatic carbocycles. The van der Waals surface area contributed by atoms with Crippen molar-refractivity contribution in [2.45, 2.75) is 20.3 Å². The van der Waals surface area contributed by atoms with Crippen LogP contribution in [0.15, 0.2) is 12.3 Å². The average molecular weight is 204 g/mol. The smallest absolute Gasteiger partial charge is 0.152 e. The standard InChI is InChI=1S/C11H16N4/c1-3-15(8-4-6-12)11-10(13)9(2)5-7-14-11/h5,7H,3-4,8,13H2,1-2H3. The largest absolute Gasteiger partial charge is 0.396 e. The zero-order chi connectivity index (χ0) is 11.3. The van der Waals surface area contributed by atoms with Crippen molar-refractivity contribution in [1.82, 2.24) is 4.98 Å². The zero-order valence-electron chi connectivity index (χ0n) is 9.20. The second-order valence-electron chi connectivity index (χ2n) is 3.35. The number of hydrogen-bond acceptors (Lipinski definition) is 4. The number of aryl methyl sites for hydroxylation is 1. The van der Waals surface area contributed by atoms with Crippen LogP contribution in [0.4, 0.5) is 11.5 Å². The van der Waals surface area contributed by atoms with Gasteiger partial charge in [0.25, 0.3) is 0 Å². The van der Waals surface area contributed by atoms with Crippen LogP contribution in [-0.4, -0.2) is 18.1 Å². The van der Waals surface area contributed by atoms with E-state index >= 15 is 0 Å². The molecule has 0 amide bonds. The lowest BCUT2D eigenvalue weighted by Crippen LogP contribution is -2.25. The lowest BCUT2D eigenvalue weighted by Gasteiger charge is -2.22. The number of aromatic nitrogens is 1. The first-order valence-electron chi connectivity index (χ1n) is 5.03. The monoisotopic (exact) mass is 204 g/mol. The van der Waals surface area contributed by atoms with Gasteiger partial charge in [-0.15, -0.1) is 0 Å². The molecule has 1 rings (SSSR count). The average Bonchev–Trinajstić information content (AvgIpc) is 2.25. The molecule has 0 aliphatic heterocycles.